The van der Waals surface area contributed by atoms with E-state index >= 15 is 0 Å². The predicted octanol–water partition coefficient (Wildman–Crippen LogP) is 1.51. The van der Waals surface area contributed by atoms with Crippen LogP contribution in [-0.2, 0) is 13.0 Å². The zero-order valence-electron chi connectivity index (χ0n) is 7.39. The van der Waals surface area contributed by atoms with Gasteiger partial charge in [-0.25, -0.2) is 4.98 Å². The molecule has 0 aliphatic carbocycles. The van der Waals surface area contributed by atoms with Gasteiger partial charge in [-0.2, -0.15) is 0 Å². The minimum absolute atomic E-state index is 0.590. The summed E-state index contributed by atoms with van der Waals surface area (Å²) in [5.41, 5.74) is 2.54. The summed E-state index contributed by atoms with van der Waals surface area (Å²) in [6.45, 7) is 1.92. The minimum Gasteiger partial charge on any atom is -0.333 e. The van der Waals surface area contributed by atoms with Crippen molar-refractivity contribution in [3.63, 3.8) is 0 Å². The third kappa shape index (κ3) is 1.77. The third-order valence-corrected chi connectivity index (χ3v) is 3.05. The second-order valence-corrected chi connectivity index (χ2v) is 4.12. The molecule has 13 heavy (non-hydrogen) atoms. The van der Waals surface area contributed by atoms with Gasteiger partial charge in [0.05, 0.1) is 0 Å². The maximum absolute atomic E-state index is 5.04. The number of thioether (sulfide) groups is 1. The summed E-state index contributed by atoms with van der Waals surface area (Å²) in [7, 11) is 0. The van der Waals surface area contributed by atoms with Crippen LogP contribution in [0.25, 0.3) is 0 Å². The van der Waals surface area contributed by atoms with E-state index in [9.17, 15) is 0 Å². The van der Waals surface area contributed by atoms with Gasteiger partial charge in [-0.05, 0) is 31.4 Å². The van der Waals surface area contributed by atoms with Crippen LogP contribution >= 0.6 is 24.0 Å². The van der Waals surface area contributed by atoms with Crippen molar-refractivity contribution in [2.24, 2.45) is 0 Å². The van der Waals surface area contributed by atoms with Crippen molar-refractivity contribution < 1.29 is 0 Å². The fourth-order valence-electron chi connectivity index (χ4n) is 1.53. The van der Waals surface area contributed by atoms with Crippen LogP contribution < -0.4 is 5.32 Å². The molecular weight excluding hydrogens is 202 g/mol. The number of fused-ring (bicyclic) bond motifs is 1. The van der Waals surface area contributed by atoms with Crippen molar-refractivity contribution in [3.8, 4) is 0 Å². The molecule has 0 spiro atoms. The summed E-state index contributed by atoms with van der Waals surface area (Å²) >= 11 is 6.72. The highest BCUT2D eigenvalue weighted by Crippen LogP contribution is 2.22. The highest BCUT2D eigenvalue weighted by molar-refractivity contribution is 7.98. The summed E-state index contributed by atoms with van der Waals surface area (Å²) in [6, 6.07) is 0. The molecule has 0 amide bonds. The number of rotatable bonds is 1. The van der Waals surface area contributed by atoms with Gasteiger partial charge >= 0.3 is 0 Å². The van der Waals surface area contributed by atoms with Gasteiger partial charge in [0, 0.05) is 17.8 Å². The number of hydrogen-bond acceptors (Lipinski definition) is 4. The van der Waals surface area contributed by atoms with Crippen LogP contribution in [0.4, 0.5) is 0 Å². The van der Waals surface area contributed by atoms with Crippen molar-refractivity contribution in [2.45, 2.75) is 18.0 Å². The highest BCUT2D eigenvalue weighted by atomic mass is 32.2. The molecule has 1 aliphatic heterocycles. The number of hydrogen-bond donors (Lipinski definition) is 2. The van der Waals surface area contributed by atoms with Crippen LogP contribution in [0.2, 0.25) is 0 Å². The van der Waals surface area contributed by atoms with Crippen molar-refractivity contribution in [1.29, 1.82) is 0 Å². The molecule has 2 heterocycles. The number of nitrogens with one attached hydrogen (secondary N) is 2. The van der Waals surface area contributed by atoms with Gasteiger partial charge in [0.15, 0.2) is 4.77 Å². The van der Waals surface area contributed by atoms with Crippen LogP contribution in [0, 0.1) is 4.77 Å². The molecule has 2 N–H and O–H groups in total. The van der Waals surface area contributed by atoms with Crippen LogP contribution in [0.3, 0.4) is 0 Å². The van der Waals surface area contributed by atoms with E-state index in [1.807, 2.05) is 6.26 Å². The Balaban J connectivity index is 2.57. The molecule has 70 valence electrons. The first kappa shape index (κ1) is 9.18. The molecule has 0 fully saturated rings. The first-order valence-electron chi connectivity index (χ1n) is 4.18. The van der Waals surface area contributed by atoms with Gasteiger partial charge in [0.2, 0.25) is 0 Å². The Morgan fingerprint density at radius 2 is 2.38 bits per heavy atom. The van der Waals surface area contributed by atoms with Crippen LogP contribution in [0.15, 0.2) is 5.03 Å². The van der Waals surface area contributed by atoms with Crippen LogP contribution in [0.5, 0.6) is 0 Å². The number of nitrogens with zero attached hydrogens (tertiary/aromatic N) is 1. The Morgan fingerprint density at radius 3 is 3.15 bits per heavy atom. The molecule has 0 atom stereocenters. The predicted molar refractivity (Wildman–Crippen MR) is 56.6 cm³/mol. The summed E-state index contributed by atoms with van der Waals surface area (Å²) in [5, 5.41) is 4.39. The first-order chi connectivity index (χ1) is 6.31. The number of aromatic nitrogens is 2. The van der Waals surface area contributed by atoms with Gasteiger partial charge in [-0.15, -0.1) is 11.8 Å². The Morgan fingerprint density at radius 1 is 1.54 bits per heavy atom. The van der Waals surface area contributed by atoms with Crippen molar-refractivity contribution in [2.75, 3.05) is 12.8 Å². The molecular formula is C8H11N3S2. The highest BCUT2D eigenvalue weighted by Gasteiger charge is 2.13. The zero-order chi connectivity index (χ0) is 9.26. The topological polar surface area (TPSA) is 40.7 Å². The third-order valence-electron chi connectivity index (χ3n) is 2.13. The standard InChI is InChI=1S/C8H11N3S2/c1-13-7-5-2-3-9-4-6(5)10-8(12)11-7/h9H,2-4H2,1H3,(H,10,11,12). The monoisotopic (exact) mass is 213 g/mol. The molecule has 1 aliphatic rings. The zero-order valence-corrected chi connectivity index (χ0v) is 9.02. The van der Waals surface area contributed by atoms with Crippen molar-refractivity contribution in [3.05, 3.63) is 16.0 Å². The normalized spacial score (nSPS) is 15.5. The molecule has 5 heteroatoms. The molecule has 0 unspecified atom stereocenters. The molecule has 2 rings (SSSR count). The first-order valence-corrected chi connectivity index (χ1v) is 5.81. The molecule has 0 radical (unpaired) electrons. The lowest BCUT2D eigenvalue weighted by Gasteiger charge is -2.18. The fourth-order valence-corrected chi connectivity index (χ4v) is 2.45. The van der Waals surface area contributed by atoms with Gasteiger partial charge in [-0.3, -0.25) is 0 Å². The average Bonchev–Trinajstić information content (AvgIpc) is 2.16. The lowest BCUT2D eigenvalue weighted by Crippen LogP contribution is -2.25. The largest absolute Gasteiger partial charge is 0.333 e. The molecule has 0 saturated carbocycles. The summed E-state index contributed by atoms with van der Waals surface area (Å²) in [4.78, 5) is 7.43. The maximum Gasteiger partial charge on any atom is 0.198 e. The molecule has 0 aromatic carbocycles. The average molecular weight is 213 g/mol. The Labute approximate surface area is 86.4 Å². The summed E-state index contributed by atoms with van der Waals surface area (Å²) < 4.78 is 0.590. The van der Waals surface area contributed by atoms with Gasteiger partial charge < -0.3 is 10.3 Å². The van der Waals surface area contributed by atoms with E-state index in [1.165, 1.54) is 11.3 Å². The van der Waals surface area contributed by atoms with Gasteiger partial charge in [0.1, 0.15) is 5.03 Å². The van der Waals surface area contributed by atoms with E-state index in [4.69, 9.17) is 12.2 Å². The molecule has 0 saturated heterocycles. The van der Waals surface area contributed by atoms with E-state index in [-0.39, 0.29) is 0 Å². The number of aromatic amines is 1. The van der Waals surface area contributed by atoms with E-state index in [0.29, 0.717) is 4.77 Å². The molecule has 3 nitrogen and oxygen atoms in total. The summed E-state index contributed by atoms with van der Waals surface area (Å²) in [6.07, 6.45) is 3.09. The smallest absolute Gasteiger partial charge is 0.198 e. The second kappa shape index (κ2) is 3.77. The Kier molecular flexibility index (Phi) is 2.66. The lowest BCUT2D eigenvalue weighted by atomic mass is 10.1. The Hall–Kier alpha value is -0.390. The SMILES string of the molecule is CSc1nc(=S)[nH]c2c1CCNC2. The van der Waals surface area contributed by atoms with Crippen LogP contribution in [-0.4, -0.2) is 22.8 Å². The maximum atomic E-state index is 5.04. The fraction of sp³-hybridized carbons (Fsp3) is 0.500. The molecule has 1 aromatic heterocycles. The van der Waals surface area contributed by atoms with Crippen molar-refractivity contribution in [1.82, 2.24) is 15.3 Å². The second-order valence-electron chi connectivity index (χ2n) is 2.94. The van der Waals surface area contributed by atoms with E-state index in [0.717, 1.165) is 24.5 Å². The van der Waals surface area contributed by atoms with E-state index in [2.05, 4.69) is 15.3 Å². The van der Waals surface area contributed by atoms with Gasteiger partial charge in [0.25, 0.3) is 0 Å². The summed E-state index contributed by atoms with van der Waals surface area (Å²) in [5.74, 6) is 0. The van der Waals surface area contributed by atoms with Gasteiger partial charge in [-0.1, -0.05) is 0 Å². The van der Waals surface area contributed by atoms with E-state index in [1.54, 1.807) is 11.8 Å². The van der Waals surface area contributed by atoms with Crippen LogP contribution in [0.1, 0.15) is 11.3 Å². The van der Waals surface area contributed by atoms with E-state index < -0.39 is 0 Å². The number of H-pyrrole nitrogens is 1. The minimum atomic E-state index is 0.590. The molecule has 0 bridgehead atoms. The quantitative estimate of drug-likeness (QED) is 0.421. The Bertz CT molecular complexity index is 352. The lowest BCUT2D eigenvalue weighted by molar-refractivity contribution is 0.608. The van der Waals surface area contributed by atoms with Crippen molar-refractivity contribution >= 4 is 24.0 Å². The molecule has 1 aromatic rings.